The Morgan fingerprint density at radius 3 is 2.57 bits per heavy atom. The third kappa shape index (κ3) is 6.97. The number of amides is 3. The molecule has 0 saturated heterocycles. The maximum Gasteiger partial charge on any atom is 0.326 e. The van der Waals surface area contributed by atoms with E-state index in [4.69, 9.17) is 10.8 Å². The number of primary amides is 1. The Hall–Kier alpha value is -1.79. The fourth-order valence-electron chi connectivity index (χ4n) is 2.56. The highest BCUT2D eigenvalue weighted by atomic mass is 16.4. The minimum absolute atomic E-state index is 0.000211. The van der Waals surface area contributed by atoms with E-state index >= 15 is 0 Å². The molecule has 3 amide bonds. The van der Waals surface area contributed by atoms with Gasteiger partial charge in [-0.25, -0.2) is 9.59 Å². The van der Waals surface area contributed by atoms with Gasteiger partial charge in [-0.2, -0.15) is 0 Å². The summed E-state index contributed by atoms with van der Waals surface area (Å²) >= 11 is 0. The van der Waals surface area contributed by atoms with Gasteiger partial charge in [0, 0.05) is 12.5 Å². The zero-order valence-electron chi connectivity index (χ0n) is 12.4. The average molecular weight is 299 g/mol. The van der Waals surface area contributed by atoms with Crippen LogP contribution in [0, 0.1) is 5.92 Å². The van der Waals surface area contributed by atoms with Gasteiger partial charge >= 0.3 is 12.0 Å². The fraction of sp³-hybridized carbons (Fsp3) is 0.786. The number of hydrogen-bond acceptors (Lipinski definition) is 3. The zero-order chi connectivity index (χ0) is 15.8. The summed E-state index contributed by atoms with van der Waals surface area (Å²) in [6, 6.07) is -1.51. The molecule has 1 aliphatic carbocycles. The second kappa shape index (κ2) is 8.49. The lowest BCUT2D eigenvalue weighted by Crippen LogP contribution is -2.49. The first-order valence-electron chi connectivity index (χ1n) is 7.46. The molecule has 0 spiro atoms. The third-order valence-electron chi connectivity index (χ3n) is 3.88. The highest BCUT2D eigenvalue weighted by Crippen LogP contribution is 2.22. The summed E-state index contributed by atoms with van der Waals surface area (Å²) < 4.78 is 0. The van der Waals surface area contributed by atoms with E-state index in [1.54, 1.807) is 0 Å². The number of aliphatic carboxylic acids is 1. The first kappa shape index (κ1) is 17.3. The second-order valence-corrected chi connectivity index (χ2v) is 5.82. The highest BCUT2D eigenvalue weighted by Gasteiger charge is 2.23. The molecule has 5 N–H and O–H groups in total. The van der Waals surface area contributed by atoms with E-state index in [2.05, 4.69) is 17.6 Å². The van der Waals surface area contributed by atoms with Crippen LogP contribution in [0.15, 0.2) is 0 Å². The van der Waals surface area contributed by atoms with Crippen LogP contribution in [0.2, 0.25) is 0 Å². The number of carboxylic acids is 1. The Labute approximate surface area is 124 Å². The van der Waals surface area contributed by atoms with Crippen LogP contribution in [0.1, 0.15) is 51.9 Å². The number of nitrogens with one attached hydrogen (secondary N) is 2. The summed E-state index contributed by atoms with van der Waals surface area (Å²) in [6.45, 7) is 2.20. The van der Waals surface area contributed by atoms with E-state index in [1.165, 1.54) is 0 Å². The van der Waals surface area contributed by atoms with Gasteiger partial charge in [-0.15, -0.1) is 0 Å². The van der Waals surface area contributed by atoms with Crippen molar-refractivity contribution in [1.82, 2.24) is 10.6 Å². The maximum atomic E-state index is 11.9. The van der Waals surface area contributed by atoms with Gasteiger partial charge in [0.25, 0.3) is 0 Å². The molecule has 0 aromatic heterocycles. The number of urea groups is 1. The molecule has 7 heteroatoms. The number of rotatable bonds is 6. The number of carboxylic acid groups (broad SMARTS) is 1. The van der Waals surface area contributed by atoms with Crippen molar-refractivity contribution in [3.05, 3.63) is 0 Å². The third-order valence-corrected chi connectivity index (χ3v) is 3.88. The molecule has 1 saturated carbocycles. The van der Waals surface area contributed by atoms with Gasteiger partial charge in [0.1, 0.15) is 6.04 Å². The van der Waals surface area contributed by atoms with Gasteiger partial charge in [-0.1, -0.05) is 19.8 Å². The van der Waals surface area contributed by atoms with Crippen molar-refractivity contribution in [3.63, 3.8) is 0 Å². The SMILES string of the molecule is CC1CCCC(NC(=O)NC(CCC(N)=O)C(=O)O)CC1. The van der Waals surface area contributed by atoms with Crippen molar-refractivity contribution in [2.45, 2.75) is 64.0 Å². The van der Waals surface area contributed by atoms with Crippen LogP contribution in [0.4, 0.5) is 4.79 Å². The standard InChI is InChI=1S/C14H25N3O4/c1-9-3-2-4-10(6-5-9)16-14(21)17-11(13(19)20)7-8-12(15)18/h9-11H,2-8H2,1H3,(H2,15,18)(H,19,20)(H2,16,17,21). The van der Waals surface area contributed by atoms with Gasteiger partial charge in [0.15, 0.2) is 0 Å². The molecule has 0 bridgehead atoms. The Bertz CT molecular complexity index is 386. The van der Waals surface area contributed by atoms with E-state index in [1.807, 2.05) is 0 Å². The van der Waals surface area contributed by atoms with E-state index in [9.17, 15) is 14.4 Å². The van der Waals surface area contributed by atoms with E-state index in [0.29, 0.717) is 5.92 Å². The van der Waals surface area contributed by atoms with Crippen molar-refractivity contribution in [3.8, 4) is 0 Å². The first-order chi connectivity index (χ1) is 9.88. The van der Waals surface area contributed by atoms with Crippen LogP contribution in [0.3, 0.4) is 0 Å². The summed E-state index contributed by atoms with van der Waals surface area (Å²) in [7, 11) is 0. The molecular weight excluding hydrogens is 274 g/mol. The molecule has 7 nitrogen and oxygen atoms in total. The molecule has 21 heavy (non-hydrogen) atoms. The van der Waals surface area contributed by atoms with Crippen molar-refractivity contribution >= 4 is 17.9 Å². The zero-order valence-corrected chi connectivity index (χ0v) is 12.4. The van der Waals surface area contributed by atoms with Crippen LogP contribution in [0.25, 0.3) is 0 Å². The smallest absolute Gasteiger partial charge is 0.326 e. The number of hydrogen-bond donors (Lipinski definition) is 4. The van der Waals surface area contributed by atoms with Crippen molar-refractivity contribution < 1.29 is 19.5 Å². The van der Waals surface area contributed by atoms with Crippen LogP contribution in [-0.2, 0) is 9.59 Å². The topological polar surface area (TPSA) is 122 Å². The normalized spacial score (nSPS) is 23.7. The van der Waals surface area contributed by atoms with Gasteiger partial charge in [0.2, 0.25) is 5.91 Å². The summed E-state index contributed by atoms with van der Waals surface area (Å²) in [6.07, 6.45) is 5.05. The molecule has 0 radical (unpaired) electrons. The molecule has 120 valence electrons. The van der Waals surface area contributed by atoms with Gasteiger partial charge in [0.05, 0.1) is 0 Å². The minimum Gasteiger partial charge on any atom is -0.480 e. The van der Waals surface area contributed by atoms with Gasteiger partial charge in [-0.05, 0) is 31.6 Å². The van der Waals surface area contributed by atoms with Crippen molar-refractivity contribution in [2.24, 2.45) is 11.7 Å². The maximum absolute atomic E-state index is 11.9. The number of carbonyl (C=O) groups is 3. The second-order valence-electron chi connectivity index (χ2n) is 5.82. The molecule has 0 aliphatic heterocycles. The lowest BCUT2D eigenvalue weighted by Gasteiger charge is -2.19. The molecule has 0 heterocycles. The van der Waals surface area contributed by atoms with E-state index in [-0.39, 0.29) is 18.9 Å². The Morgan fingerprint density at radius 2 is 1.95 bits per heavy atom. The lowest BCUT2D eigenvalue weighted by molar-refractivity contribution is -0.139. The number of carbonyl (C=O) groups excluding carboxylic acids is 2. The molecule has 3 unspecified atom stereocenters. The van der Waals surface area contributed by atoms with Crippen LogP contribution in [0.5, 0.6) is 0 Å². The van der Waals surface area contributed by atoms with Crippen LogP contribution >= 0.6 is 0 Å². The Morgan fingerprint density at radius 1 is 1.24 bits per heavy atom. The molecule has 1 rings (SSSR count). The van der Waals surface area contributed by atoms with Crippen LogP contribution < -0.4 is 16.4 Å². The summed E-state index contributed by atoms with van der Waals surface area (Å²) in [5, 5.41) is 14.2. The molecule has 3 atom stereocenters. The van der Waals surface area contributed by atoms with E-state index < -0.39 is 23.9 Å². The minimum atomic E-state index is -1.17. The first-order valence-corrected chi connectivity index (χ1v) is 7.46. The lowest BCUT2D eigenvalue weighted by atomic mass is 10.0. The van der Waals surface area contributed by atoms with Crippen LogP contribution in [-0.4, -0.2) is 35.1 Å². The molecule has 0 aromatic carbocycles. The highest BCUT2D eigenvalue weighted by molar-refractivity contribution is 5.83. The Balaban J connectivity index is 2.42. The predicted molar refractivity (Wildman–Crippen MR) is 77.6 cm³/mol. The molecular formula is C14H25N3O4. The predicted octanol–water partition coefficient (Wildman–Crippen LogP) is 0.973. The average Bonchev–Trinajstić information content (AvgIpc) is 2.59. The monoisotopic (exact) mass is 299 g/mol. The molecule has 0 aromatic rings. The van der Waals surface area contributed by atoms with Gasteiger partial charge in [-0.3, -0.25) is 4.79 Å². The van der Waals surface area contributed by atoms with Crippen molar-refractivity contribution in [2.75, 3.05) is 0 Å². The summed E-state index contributed by atoms with van der Waals surface area (Å²) in [5.41, 5.74) is 4.99. The van der Waals surface area contributed by atoms with E-state index in [0.717, 1.165) is 32.1 Å². The largest absolute Gasteiger partial charge is 0.480 e. The van der Waals surface area contributed by atoms with Gasteiger partial charge < -0.3 is 21.5 Å². The summed E-state index contributed by atoms with van der Waals surface area (Å²) in [5.74, 6) is -1.08. The molecule has 1 fully saturated rings. The number of nitrogens with two attached hydrogens (primary N) is 1. The Kier molecular flexibility index (Phi) is 6.98. The quantitative estimate of drug-likeness (QED) is 0.546. The molecule has 1 aliphatic rings. The summed E-state index contributed by atoms with van der Waals surface area (Å²) in [4.78, 5) is 33.6. The fourth-order valence-corrected chi connectivity index (χ4v) is 2.56. The van der Waals surface area contributed by atoms with Crippen molar-refractivity contribution in [1.29, 1.82) is 0 Å².